The van der Waals surface area contributed by atoms with Crippen LogP contribution in [-0.2, 0) is 9.47 Å². The molecule has 0 bridgehead atoms. The van der Waals surface area contributed by atoms with E-state index >= 15 is 0 Å². The van der Waals surface area contributed by atoms with Crippen LogP contribution in [0.5, 0.6) is 0 Å². The highest BCUT2D eigenvalue weighted by Crippen LogP contribution is 2.53. The normalized spacial score (nSPS) is 23.0. The van der Waals surface area contributed by atoms with E-state index in [1.807, 2.05) is 12.2 Å². The highest BCUT2D eigenvalue weighted by molar-refractivity contribution is 5.47. The van der Waals surface area contributed by atoms with Crippen molar-refractivity contribution >= 4 is 11.4 Å². The van der Waals surface area contributed by atoms with Gasteiger partial charge in [-0.2, -0.15) is 0 Å². The van der Waals surface area contributed by atoms with Crippen LogP contribution >= 0.6 is 0 Å². The van der Waals surface area contributed by atoms with Crippen LogP contribution in [0.4, 0.5) is 11.4 Å². The summed E-state index contributed by atoms with van der Waals surface area (Å²) in [5, 5.41) is 23.1. The summed E-state index contributed by atoms with van der Waals surface area (Å²) in [5.74, 6) is -1.04. The maximum atomic E-state index is 11.6. The standard InChI is InChI=1S/C20H18N2O6/c23-21(24)16-10-4-2-8-14(16)18-19(15-9-3-5-11-17(15)22(25)26)28-20(27-18)12-6-1-7-13-20/h2-6,8-12,18-19H,1,7,13H2/t18-,19-/m1/s1. The van der Waals surface area contributed by atoms with Crippen LogP contribution in [-0.4, -0.2) is 15.6 Å². The molecule has 8 nitrogen and oxygen atoms in total. The Morgan fingerprint density at radius 2 is 1.36 bits per heavy atom. The van der Waals surface area contributed by atoms with Crippen molar-refractivity contribution in [1.82, 2.24) is 0 Å². The summed E-state index contributed by atoms with van der Waals surface area (Å²) in [7, 11) is 0. The fourth-order valence-corrected chi connectivity index (χ4v) is 3.83. The number of benzene rings is 2. The molecule has 0 unspecified atom stereocenters. The molecular weight excluding hydrogens is 364 g/mol. The lowest BCUT2D eigenvalue weighted by Gasteiger charge is -2.27. The van der Waals surface area contributed by atoms with Crippen LogP contribution in [0.2, 0.25) is 0 Å². The van der Waals surface area contributed by atoms with Gasteiger partial charge in [-0.3, -0.25) is 20.2 Å². The number of para-hydroxylation sites is 2. The molecule has 1 saturated heterocycles. The second-order valence-corrected chi connectivity index (χ2v) is 6.82. The number of rotatable bonds is 4. The lowest BCUT2D eigenvalue weighted by atomic mass is 9.96. The van der Waals surface area contributed by atoms with Crippen molar-refractivity contribution < 1.29 is 19.3 Å². The van der Waals surface area contributed by atoms with Crippen LogP contribution in [0.25, 0.3) is 0 Å². The van der Waals surface area contributed by atoms with Crippen molar-refractivity contribution in [1.29, 1.82) is 0 Å². The maximum absolute atomic E-state index is 11.6. The van der Waals surface area contributed by atoms with Gasteiger partial charge in [-0.1, -0.05) is 30.3 Å². The van der Waals surface area contributed by atoms with Gasteiger partial charge in [-0.25, -0.2) is 0 Å². The zero-order valence-corrected chi connectivity index (χ0v) is 14.9. The predicted octanol–water partition coefficient (Wildman–Crippen LogP) is 4.77. The molecule has 2 aliphatic rings. The zero-order valence-electron chi connectivity index (χ0n) is 14.9. The molecule has 28 heavy (non-hydrogen) atoms. The average Bonchev–Trinajstić information content (AvgIpc) is 3.07. The topological polar surface area (TPSA) is 105 Å². The van der Waals surface area contributed by atoms with Crippen LogP contribution in [0.1, 0.15) is 42.6 Å². The molecule has 0 saturated carbocycles. The van der Waals surface area contributed by atoms with Gasteiger partial charge in [0.1, 0.15) is 12.2 Å². The van der Waals surface area contributed by atoms with Crippen molar-refractivity contribution in [2.45, 2.75) is 37.3 Å². The van der Waals surface area contributed by atoms with Gasteiger partial charge in [-0.15, -0.1) is 0 Å². The van der Waals surface area contributed by atoms with Crippen molar-refractivity contribution in [3.8, 4) is 0 Å². The summed E-state index contributed by atoms with van der Waals surface area (Å²) < 4.78 is 12.5. The molecule has 1 aliphatic carbocycles. The van der Waals surface area contributed by atoms with Crippen LogP contribution in [0.3, 0.4) is 0 Å². The molecule has 1 heterocycles. The predicted molar refractivity (Wildman–Crippen MR) is 99.6 cm³/mol. The van der Waals surface area contributed by atoms with E-state index in [0.29, 0.717) is 17.5 Å². The number of nitro benzene ring substituents is 2. The van der Waals surface area contributed by atoms with Crippen molar-refractivity contribution in [3.05, 3.63) is 92.0 Å². The van der Waals surface area contributed by atoms with Gasteiger partial charge in [-0.05, 0) is 31.1 Å². The minimum absolute atomic E-state index is 0.100. The quantitative estimate of drug-likeness (QED) is 0.428. The van der Waals surface area contributed by atoms with Gasteiger partial charge in [0.05, 0.1) is 21.0 Å². The van der Waals surface area contributed by atoms with Crippen LogP contribution in [0.15, 0.2) is 60.7 Å². The third-order valence-electron chi connectivity index (χ3n) is 5.08. The molecule has 144 valence electrons. The molecule has 0 amide bonds. The second-order valence-electron chi connectivity index (χ2n) is 6.82. The van der Waals surface area contributed by atoms with E-state index in [-0.39, 0.29) is 11.4 Å². The molecule has 2 atom stereocenters. The van der Waals surface area contributed by atoms with E-state index in [1.165, 1.54) is 12.1 Å². The van der Waals surface area contributed by atoms with Gasteiger partial charge in [0, 0.05) is 18.6 Å². The Kier molecular flexibility index (Phi) is 4.66. The largest absolute Gasteiger partial charge is 0.335 e. The van der Waals surface area contributed by atoms with E-state index in [2.05, 4.69) is 0 Å². The fourth-order valence-electron chi connectivity index (χ4n) is 3.83. The Morgan fingerprint density at radius 1 is 0.857 bits per heavy atom. The van der Waals surface area contributed by atoms with E-state index in [4.69, 9.17) is 9.47 Å². The summed E-state index contributed by atoms with van der Waals surface area (Å²) in [6.07, 6.45) is 4.38. The number of nitro groups is 2. The number of nitrogens with zero attached hydrogens (tertiary/aromatic N) is 2. The first-order valence-corrected chi connectivity index (χ1v) is 9.01. The molecule has 0 N–H and O–H groups in total. The first kappa shape index (κ1) is 18.3. The molecule has 2 aromatic rings. The average molecular weight is 382 g/mol. The fraction of sp³-hybridized carbons (Fsp3) is 0.300. The van der Waals surface area contributed by atoms with Crippen molar-refractivity contribution in [3.63, 3.8) is 0 Å². The Hall–Kier alpha value is -3.10. The Morgan fingerprint density at radius 3 is 1.79 bits per heavy atom. The molecule has 1 spiro atoms. The first-order valence-electron chi connectivity index (χ1n) is 9.01. The molecule has 8 heteroatoms. The van der Waals surface area contributed by atoms with Crippen molar-refractivity contribution in [2.75, 3.05) is 0 Å². The van der Waals surface area contributed by atoms with E-state index in [0.717, 1.165) is 12.8 Å². The number of hydrogen-bond acceptors (Lipinski definition) is 6. The van der Waals surface area contributed by atoms with Crippen LogP contribution < -0.4 is 0 Å². The van der Waals surface area contributed by atoms with Gasteiger partial charge >= 0.3 is 0 Å². The zero-order chi connectivity index (χ0) is 19.7. The van der Waals surface area contributed by atoms with Gasteiger partial charge < -0.3 is 9.47 Å². The lowest BCUT2D eigenvalue weighted by molar-refractivity contribution is -0.387. The number of allylic oxidation sites excluding steroid dienone is 1. The molecule has 1 aliphatic heterocycles. The Labute approximate surface area is 160 Å². The molecular formula is C20H18N2O6. The summed E-state index contributed by atoms with van der Waals surface area (Å²) in [6, 6.07) is 12.5. The van der Waals surface area contributed by atoms with E-state index in [1.54, 1.807) is 36.4 Å². The molecule has 0 radical (unpaired) electrons. The van der Waals surface area contributed by atoms with Crippen molar-refractivity contribution in [2.24, 2.45) is 0 Å². The minimum Gasteiger partial charge on any atom is -0.335 e. The SMILES string of the molecule is O=[N+]([O-])c1ccccc1[C@H]1OC2(C=CCCC2)O[C@@H]1c1ccccc1[N+](=O)[O-]. The molecule has 2 aromatic carbocycles. The monoisotopic (exact) mass is 382 g/mol. The van der Waals surface area contributed by atoms with E-state index in [9.17, 15) is 20.2 Å². The summed E-state index contributed by atoms with van der Waals surface area (Å²) >= 11 is 0. The van der Waals surface area contributed by atoms with E-state index < -0.39 is 27.8 Å². The first-order chi connectivity index (χ1) is 13.5. The van der Waals surface area contributed by atoms with Gasteiger partial charge in [0.15, 0.2) is 5.79 Å². The Bertz CT molecular complexity index is 892. The third kappa shape index (κ3) is 3.17. The smallest absolute Gasteiger partial charge is 0.275 e. The number of hydrogen-bond donors (Lipinski definition) is 0. The summed E-state index contributed by atoms with van der Waals surface area (Å²) in [5.41, 5.74) is 0.478. The highest BCUT2D eigenvalue weighted by atomic mass is 16.8. The minimum atomic E-state index is -1.04. The second kappa shape index (κ2) is 7.14. The summed E-state index contributed by atoms with van der Waals surface area (Å²) in [6.45, 7) is 0. The molecule has 4 rings (SSSR count). The molecule has 0 aromatic heterocycles. The highest BCUT2D eigenvalue weighted by Gasteiger charge is 2.50. The number of ether oxygens (including phenoxy) is 2. The summed E-state index contributed by atoms with van der Waals surface area (Å²) in [4.78, 5) is 22.2. The van der Waals surface area contributed by atoms with Gasteiger partial charge in [0.2, 0.25) is 0 Å². The lowest BCUT2D eigenvalue weighted by Crippen LogP contribution is -2.29. The Balaban J connectivity index is 1.85. The molecule has 1 fully saturated rings. The maximum Gasteiger partial charge on any atom is 0.275 e. The van der Waals surface area contributed by atoms with Crippen LogP contribution in [0, 0.1) is 20.2 Å². The third-order valence-corrected chi connectivity index (χ3v) is 5.08. The van der Waals surface area contributed by atoms with Gasteiger partial charge in [0.25, 0.3) is 11.4 Å².